The maximum absolute atomic E-state index is 11.2. The van der Waals surface area contributed by atoms with Crippen molar-refractivity contribution in [3.05, 3.63) is 10.6 Å². The van der Waals surface area contributed by atoms with Crippen LogP contribution in [0.25, 0.3) is 0 Å². The second-order valence-corrected chi connectivity index (χ2v) is 6.32. The van der Waals surface area contributed by atoms with Crippen LogP contribution in [-0.2, 0) is 0 Å². The predicted molar refractivity (Wildman–Crippen MR) is 73.8 cm³/mol. The smallest absolute Gasteiger partial charge is 0.347 e. The van der Waals surface area contributed by atoms with Crippen molar-refractivity contribution in [2.75, 3.05) is 18.0 Å². The summed E-state index contributed by atoms with van der Waals surface area (Å²) in [6, 6.07) is 0. The van der Waals surface area contributed by atoms with Gasteiger partial charge in [-0.3, -0.25) is 0 Å². The van der Waals surface area contributed by atoms with Crippen LogP contribution in [0.4, 0.5) is 5.13 Å². The molecule has 0 atom stereocenters. The third-order valence-electron chi connectivity index (χ3n) is 3.44. The van der Waals surface area contributed by atoms with Crippen molar-refractivity contribution >= 4 is 22.4 Å². The normalized spacial score (nSPS) is 17.4. The summed E-state index contributed by atoms with van der Waals surface area (Å²) in [6.07, 6.45) is 2.33. The van der Waals surface area contributed by atoms with Gasteiger partial charge in [-0.2, -0.15) is 0 Å². The third kappa shape index (κ3) is 2.66. The lowest BCUT2D eigenvalue weighted by atomic mass is 10.00. The highest BCUT2D eigenvalue weighted by Crippen LogP contribution is 2.32. The summed E-state index contributed by atoms with van der Waals surface area (Å²) >= 11 is 1.32. The van der Waals surface area contributed by atoms with Gasteiger partial charge in [0.25, 0.3) is 0 Å². The molecule has 0 saturated carbocycles. The summed E-state index contributed by atoms with van der Waals surface area (Å²) in [5, 5.41) is 10.1. The van der Waals surface area contributed by atoms with Crippen molar-refractivity contribution in [2.24, 2.45) is 5.92 Å². The molecule has 0 aliphatic carbocycles. The van der Waals surface area contributed by atoms with Crippen LogP contribution < -0.4 is 4.90 Å². The Morgan fingerprint density at radius 2 is 2.06 bits per heavy atom. The number of rotatable bonds is 3. The molecular weight excluding hydrogens is 248 g/mol. The number of thiazole rings is 1. The first kappa shape index (κ1) is 13.3. The van der Waals surface area contributed by atoms with Crippen molar-refractivity contribution in [1.82, 2.24) is 4.98 Å². The number of aromatic nitrogens is 1. The minimum absolute atomic E-state index is 0.157. The van der Waals surface area contributed by atoms with E-state index in [9.17, 15) is 9.90 Å². The average molecular weight is 268 g/mol. The van der Waals surface area contributed by atoms with Crippen LogP contribution in [0.2, 0.25) is 0 Å². The Hall–Kier alpha value is -1.10. The van der Waals surface area contributed by atoms with Gasteiger partial charge in [0.15, 0.2) is 5.13 Å². The summed E-state index contributed by atoms with van der Waals surface area (Å²) in [4.78, 5) is 18.4. The second-order valence-electron chi connectivity index (χ2n) is 5.34. The molecule has 1 N–H and O–H groups in total. The summed E-state index contributed by atoms with van der Waals surface area (Å²) in [5.41, 5.74) is 0.723. The van der Waals surface area contributed by atoms with E-state index in [-0.39, 0.29) is 5.92 Å². The molecule has 1 aliphatic heterocycles. The van der Waals surface area contributed by atoms with Crippen LogP contribution in [0.15, 0.2) is 0 Å². The fourth-order valence-corrected chi connectivity index (χ4v) is 3.31. The summed E-state index contributed by atoms with van der Waals surface area (Å²) in [7, 11) is 0. The van der Waals surface area contributed by atoms with Crippen molar-refractivity contribution in [3.63, 3.8) is 0 Å². The van der Waals surface area contributed by atoms with E-state index in [1.165, 1.54) is 24.2 Å². The zero-order valence-corrected chi connectivity index (χ0v) is 12.0. The molecule has 2 rings (SSSR count). The fraction of sp³-hybridized carbons (Fsp3) is 0.692. The first-order chi connectivity index (χ1) is 8.49. The Morgan fingerprint density at radius 3 is 2.50 bits per heavy atom. The quantitative estimate of drug-likeness (QED) is 0.914. The van der Waals surface area contributed by atoms with Gasteiger partial charge in [-0.25, -0.2) is 9.78 Å². The molecule has 1 aromatic rings. The van der Waals surface area contributed by atoms with Crippen LogP contribution in [0.3, 0.4) is 0 Å². The van der Waals surface area contributed by atoms with Gasteiger partial charge in [0.2, 0.25) is 0 Å². The SMILES string of the molecule is CC1CCN(c2nc(C(C)C)c(C(=O)O)s2)CC1. The molecule has 0 amide bonds. The van der Waals surface area contributed by atoms with E-state index < -0.39 is 5.97 Å². The lowest BCUT2D eigenvalue weighted by molar-refractivity contribution is 0.0700. The molecule has 0 unspecified atom stereocenters. The zero-order valence-electron chi connectivity index (χ0n) is 11.1. The summed E-state index contributed by atoms with van der Waals surface area (Å²) in [6.45, 7) is 8.23. The van der Waals surface area contributed by atoms with Gasteiger partial charge in [0.1, 0.15) is 4.88 Å². The standard InChI is InChI=1S/C13H20N2O2S/c1-8(2)10-11(12(16)17)18-13(14-10)15-6-4-9(3)5-7-15/h8-9H,4-7H2,1-3H3,(H,16,17). The Balaban J connectivity index is 2.24. The molecule has 1 aliphatic rings. The molecule has 100 valence electrons. The second kappa shape index (κ2) is 5.26. The Kier molecular flexibility index (Phi) is 3.90. The number of hydrogen-bond donors (Lipinski definition) is 1. The number of carboxylic acid groups (broad SMARTS) is 1. The number of carboxylic acids is 1. The van der Waals surface area contributed by atoms with Gasteiger partial charge >= 0.3 is 5.97 Å². The van der Waals surface area contributed by atoms with E-state index in [1.807, 2.05) is 13.8 Å². The maximum atomic E-state index is 11.2. The fourth-order valence-electron chi connectivity index (χ4n) is 2.20. The van der Waals surface area contributed by atoms with Crippen LogP contribution in [-0.4, -0.2) is 29.1 Å². The molecule has 0 aromatic carbocycles. The molecule has 0 spiro atoms. The molecule has 1 fully saturated rings. The van der Waals surface area contributed by atoms with Crippen molar-refractivity contribution in [2.45, 2.75) is 39.5 Å². The Bertz CT molecular complexity index is 434. The highest BCUT2D eigenvalue weighted by molar-refractivity contribution is 7.17. The van der Waals surface area contributed by atoms with Gasteiger partial charge in [0, 0.05) is 13.1 Å². The van der Waals surface area contributed by atoms with Crippen molar-refractivity contribution in [3.8, 4) is 0 Å². The monoisotopic (exact) mass is 268 g/mol. The van der Waals surface area contributed by atoms with E-state index in [0.29, 0.717) is 4.88 Å². The summed E-state index contributed by atoms with van der Waals surface area (Å²) < 4.78 is 0. The highest BCUT2D eigenvalue weighted by atomic mass is 32.1. The maximum Gasteiger partial charge on any atom is 0.347 e. The molecule has 2 heterocycles. The Labute approximate surface area is 112 Å². The molecule has 18 heavy (non-hydrogen) atoms. The minimum atomic E-state index is -0.854. The van der Waals surface area contributed by atoms with Gasteiger partial charge < -0.3 is 10.0 Å². The largest absolute Gasteiger partial charge is 0.477 e. The van der Waals surface area contributed by atoms with Gasteiger partial charge in [-0.15, -0.1) is 0 Å². The third-order valence-corrected chi connectivity index (χ3v) is 4.56. The molecule has 5 heteroatoms. The van der Waals surface area contributed by atoms with Gasteiger partial charge in [-0.1, -0.05) is 32.1 Å². The van der Waals surface area contributed by atoms with E-state index >= 15 is 0 Å². The minimum Gasteiger partial charge on any atom is -0.477 e. The average Bonchev–Trinajstić information content (AvgIpc) is 2.75. The van der Waals surface area contributed by atoms with E-state index in [0.717, 1.165) is 29.8 Å². The number of nitrogens with zero attached hydrogens (tertiary/aromatic N) is 2. The molecule has 4 nitrogen and oxygen atoms in total. The number of carbonyl (C=O) groups is 1. The lowest BCUT2D eigenvalue weighted by Crippen LogP contribution is -2.32. The van der Waals surface area contributed by atoms with E-state index in [1.54, 1.807) is 0 Å². The molecule has 1 saturated heterocycles. The molecular formula is C13H20N2O2S. The van der Waals surface area contributed by atoms with Crippen LogP contribution in [0, 0.1) is 5.92 Å². The number of aromatic carboxylic acids is 1. The zero-order chi connectivity index (χ0) is 13.3. The predicted octanol–water partition coefficient (Wildman–Crippen LogP) is 3.20. The summed E-state index contributed by atoms with van der Waals surface area (Å²) in [5.74, 6) is 0.0716. The number of piperidine rings is 1. The van der Waals surface area contributed by atoms with E-state index in [2.05, 4.69) is 16.8 Å². The topological polar surface area (TPSA) is 53.4 Å². The van der Waals surface area contributed by atoms with Crippen LogP contribution in [0.5, 0.6) is 0 Å². The van der Waals surface area contributed by atoms with E-state index in [4.69, 9.17) is 0 Å². The van der Waals surface area contributed by atoms with Crippen molar-refractivity contribution in [1.29, 1.82) is 0 Å². The van der Waals surface area contributed by atoms with Crippen molar-refractivity contribution < 1.29 is 9.90 Å². The highest BCUT2D eigenvalue weighted by Gasteiger charge is 2.24. The van der Waals surface area contributed by atoms with Gasteiger partial charge in [0.05, 0.1) is 5.69 Å². The molecule has 0 bridgehead atoms. The Morgan fingerprint density at radius 1 is 1.44 bits per heavy atom. The number of hydrogen-bond acceptors (Lipinski definition) is 4. The number of anilines is 1. The lowest BCUT2D eigenvalue weighted by Gasteiger charge is -2.29. The molecule has 0 radical (unpaired) electrons. The first-order valence-electron chi connectivity index (χ1n) is 6.48. The van der Waals surface area contributed by atoms with Gasteiger partial charge in [-0.05, 0) is 24.7 Å². The molecule has 1 aromatic heterocycles. The van der Waals surface area contributed by atoms with Crippen LogP contribution >= 0.6 is 11.3 Å². The first-order valence-corrected chi connectivity index (χ1v) is 7.29. The van der Waals surface area contributed by atoms with Crippen LogP contribution in [0.1, 0.15) is 54.9 Å².